The minimum absolute atomic E-state index is 0.00498. The minimum atomic E-state index is -2.04. The molecule has 1 aliphatic rings. The van der Waals surface area contributed by atoms with Gasteiger partial charge in [0.1, 0.15) is 83.6 Å². The molecule has 1 aliphatic heterocycles. The molecule has 0 fully saturated rings. The van der Waals surface area contributed by atoms with Gasteiger partial charge in [-0.2, -0.15) is 0 Å². The van der Waals surface area contributed by atoms with E-state index in [4.69, 9.17) is 72.9 Å². The summed E-state index contributed by atoms with van der Waals surface area (Å²) in [5.41, 5.74) is 40.7. The van der Waals surface area contributed by atoms with Crippen LogP contribution in [-0.4, -0.2) is 280 Å². The maximum Gasteiger partial charge on any atom is 0.305 e. The molecule has 0 saturated carbocycles. The van der Waals surface area contributed by atoms with Gasteiger partial charge in [0.05, 0.1) is 25.0 Å². The number of rotatable bonds is 56. The fraction of sp³-hybridized carbons (Fsp3) is 0.671. The SMILES string of the molecule is CC(=O)N[C@@H](CCCNC(=N)N)C(=O)N[C@@H](CCCNC(=N)N)C(=O)N[C@@H](CCCNC(=N)N)C(=O)N[C@@H](CCCNC(=N)N)C(=O)N[C@@H](CCCCN)C(=O)N[C@@]1(C)CCC/C=C\CCC[C@@](C)(C(=O)N[C@@H](CC(C)C)C(=O)N[C@@H](CCC(N)=O)C(=O)N[C@@H](CC(=O)O)C(=O)N[C@@H](CO)C(N)=O)NC(=O)[C@H](CCCNC(=N)N)NC(=O)[C@H](Cc2c[nH]cn2)NC(=O)[C@H](CC(C)C)NC1=O. The molecule has 1 aromatic heterocycles. The lowest BCUT2D eigenvalue weighted by Gasteiger charge is -2.34. The zero-order chi connectivity index (χ0) is 102. The van der Waals surface area contributed by atoms with Gasteiger partial charge in [0.2, 0.25) is 94.5 Å². The number of aromatic nitrogens is 2. The first kappa shape index (κ1) is 117. The van der Waals surface area contributed by atoms with E-state index in [1.165, 1.54) is 33.3 Å². The lowest BCUT2D eigenvalue weighted by Crippen LogP contribution is -2.65. The predicted octanol–water partition coefficient (Wildman–Crippen LogP) is -8.79. The molecule has 758 valence electrons. The topological polar surface area (TPSA) is 915 Å². The second-order valence-electron chi connectivity index (χ2n) is 34.2. The van der Waals surface area contributed by atoms with E-state index in [1.54, 1.807) is 39.8 Å². The summed E-state index contributed by atoms with van der Waals surface area (Å²) in [6.07, 6.45) is 3.42. The van der Waals surface area contributed by atoms with Gasteiger partial charge in [-0.3, -0.25) is 109 Å². The first-order valence-electron chi connectivity index (χ1n) is 44.9. The van der Waals surface area contributed by atoms with Crippen molar-refractivity contribution in [2.75, 3.05) is 45.9 Å². The van der Waals surface area contributed by atoms with Gasteiger partial charge < -0.3 is 162 Å². The molecule has 0 spiro atoms. The summed E-state index contributed by atoms with van der Waals surface area (Å²) in [5.74, 6) is -20.3. The maximum absolute atomic E-state index is 15.5. The average Bonchev–Trinajstić information content (AvgIpc) is 1.14. The number of H-pyrrole nitrogens is 1. The number of imidazole rings is 1. The molecule has 2 rings (SSSR count). The van der Waals surface area contributed by atoms with E-state index in [0.29, 0.717) is 6.42 Å². The second-order valence-corrected chi connectivity index (χ2v) is 34.2. The fourth-order valence-electron chi connectivity index (χ4n) is 14.0. The number of hydrogen-bond donors (Lipinski definition) is 35. The Bertz CT molecular complexity index is 4190. The van der Waals surface area contributed by atoms with Crippen LogP contribution >= 0.6 is 0 Å². The lowest BCUT2D eigenvalue weighted by molar-refractivity contribution is -0.141. The molecule has 53 nitrogen and oxygen atoms in total. The number of unbranched alkanes of at least 4 members (excludes halogenated alkanes) is 1. The van der Waals surface area contributed by atoms with Crippen molar-refractivity contribution in [3.8, 4) is 0 Å². The Hall–Kier alpha value is -13.8. The summed E-state index contributed by atoms with van der Waals surface area (Å²) in [5, 5.41) is 108. The molecule has 16 amide bonds. The van der Waals surface area contributed by atoms with Crippen molar-refractivity contribution in [3.05, 3.63) is 30.4 Å². The molecular formula is C82H146N34O19. The summed E-state index contributed by atoms with van der Waals surface area (Å²) >= 11 is 0. The zero-order valence-electron chi connectivity index (χ0n) is 77.9. The number of aliphatic hydroxyl groups is 1. The highest BCUT2D eigenvalue weighted by atomic mass is 16.4. The Morgan fingerprint density at radius 2 is 0.889 bits per heavy atom. The molecule has 53 heteroatoms. The minimum Gasteiger partial charge on any atom is -0.481 e. The Morgan fingerprint density at radius 3 is 1.30 bits per heavy atom. The van der Waals surface area contributed by atoms with Crippen molar-refractivity contribution >= 4 is 130 Å². The van der Waals surface area contributed by atoms with E-state index < -0.39 is 240 Å². The van der Waals surface area contributed by atoms with Gasteiger partial charge in [-0.25, -0.2) is 4.98 Å². The van der Waals surface area contributed by atoms with Crippen LogP contribution in [-0.2, 0) is 87.9 Å². The zero-order valence-corrected chi connectivity index (χ0v) is 77.9. The number of primary amides is 2. The first-order valence-corrected chi connectivity index (χ1v) is 44.9. The van der Waals surface area contributed by atoms with Crippen molar-refractivity contribution in [1.82, 2.24) is 111 Å². The number of carbonyl (C=O) groups excluding carboxylic acids is 16. The van der Waals surface area contributed by atoms with E-state index in [-0.39, 0.29) is 192 Å². The number of allylic oxidation sites excluding steroid dienone is 2. The number of nitrogens with two attached hydrogens (primary N) is 8. The summed E-state index contributed by atoms with van der Waals surface area (Å²) in [4.78, 5) is 248. The number of nitrogens with zero attached hydrogens (tertiary/aromatic N) is 1. The normalized spacial score (nSPS) is 18.9. The van der Waals surface area contributed by atoms with Crippen LogP contribution in [0, 0.1) is 38.9 Å². The second kappa shape index (κ2) is 61.8. The molecule has 0 radical (unpaired) electrons. The van der Waals surface area contributed by atoms with Crippen molar-refractivity contribution in [2.45, 2.75) is 293 Å². The molecule has 43 N–H and O–H groups in total. The molecule has 135 heavy (non-hydrogen) atoms. The van der Waals surface area contributed by atoms with Crippen molar-refractivity contribution in [1.29, 1.82) is 27.0 Å². The number of carbonyl (C=O) groups is 17. The van der Waals surface area contributed by atoms with Crippen LogP contribution in [0.5, 0.6) is 0 Å². The number of hydrogen-bond acceptors (Lipinski definition) is 25. The standard InChI is InChI=1S/C82H146N34O19/c1-44(2)37-55(68(128)109-54(27-28-60(84)119)67(127)111-58(40-61(120)121)71(131)112-59(42-117)62(85)122)113-74(134)82(7)30-14-11-9-8-10-13-29-81(6,75(135)114-56(38-45(3)4)69(129)110-57(39-47-41-96-43-102-47)70(130)108-53(73(133)116-82)26-20-36-101-80(94)95)115-72(132)52(21-12-15-31-83)107-66(126)51(25-19-35-100-79(92)93)106-65(125)50(24-18-34-99-78(90)91)105-64(124)49(23-17-33-98-77(88)89)104-63(123)48(103-46(5)118)22-16-32-97-76(86)87/h8-9,41,43-45,48-59,117H,10-40,42,83H2,1-7H3,(H2,84,119)(H2,85,122)(H,96,102)(H,103,118)(H,104,123)(H,105,124)(H,106,125)(H,107,126)(H,108,130)(H,109,128)(H,110,129)(H,111,127)(H,112,131)(H,113,134)(H,114,135)(H,115,132)(H,116,133)(H,120,121)(H4,86,87,97)(H4,88,89,98)(H4,90,91,99)(H4,92,93,100)(H4,94,95,101)/b9-8-/t48-,49-,50-,51-,52-,53-,54-,55-,56-,57-,58-,59-,81-,82-/m0/s1. The van der Waals surface area contributed by atoms with Gasteiger partial charge in [-0.1, -0.05) is 39.8 Å². The number of aliphatic carboxylic acids is 1. The lowest BCUT2D eigenvalue weighted by atomic mass is 9.90. The van der Waals surface area contributed by atoms with Gasteiger partial charge in [-0.15, -0.1) is 0 Å². The third-order valence-electron chi connectivity index (χ3n) is 21.2. The summed E-state index contributed by atoms with van der Waals surface area (Å²) < 4.78 is 0. The molecule has 14 atom stereocenters. The highest BCUT2D eigenvalue weighted by Gasteiger charge is 2.44. The van der Waals surface area contributed by atoms with E-state index in [1.807, 2.05) is 5.32 Å². The molecule has 0 unspecified atom stereocenters. The third-order valence-corrected chi connectivity index (χ3v) is 21.2. The Kier molecular flexibility index (Phi) is 53.7. The molecule has 0 aromatic carbocycles. The molecule has 0 saturated heterocycles. The number of nitrogens with one attached hydrogen (secondary N) is 25. The number of aromatic amines is 1. The maximum atomic E-state index is 15.5. The summed E-state index contributed by atoms with van der Waals surface area (Å²) in [6, 6.07) is -19.1. The van der Waals surface area contributed by atoms with Crippen molar-refractivity contribution < 1.29 is 91.7 Å². The molecule has 2 heterocycles. The Labute approximate surface area is 783 Å². The van der Waals surface area contributed by atoms with Crippen LogP contribution in [0.2, 0.25) is 0 Å². The van der Waals surface area contributed by atoms with Gasteiger partial charge >= 0.3 is 5.97 Å². The van der Waals surface area contributed by atoms with Gasteiger partial charge in [-0.05, 0) is 173 Å². The van der Waals surface area contributed by atoms with Crippen LogP contribution in [0.3, 0.4) is 0 Å². The first-order chi connectivity index (χ1) is 63.5. The van der Waals surface area contributed by atoms with E-state index in [2.05, 4.69) is 106 Å². The summed E-state index contributed by atoms with van der Waals surface area (Å²) in [7, 11) is 0. The van der Waals surface area contributed by atoms with Crippen molar-refractivity contribution in [2.24, 2.45) is 57.7 Å². The number of guanidine groups is 5. The van der Waals surface area contributed by atoms with Crippen LogP contribution in [0.25, 0.3) is 0 Å². The predicted molar refractivity (Wildman–Crippen MR) is 496 cm³/mol. The van der Waals surface area contributed by atoms with Crippen LogP contribution in [0.1, 0.15) is 208 Å². The molecule has 1 aromatic rings. The van der Waals surface area contributed by atoms with E-state index in [0.717, 1.165) is 0 Å². The largest absolute Gasteiger partial charge is 0.481 e. The van der Waals surface area contributed by atoms with Gasteiger partial charge in [0, 0.05) is 58.7 Å². The fourth-order valence-corrected chi connectivity index (χ4v) is 14.0. The Balaban J connectivity index is 2.97. The van der Waals surface area contributed by atoms with E-state index in [9.17, 15) is 58.2 Å². The van der Waals surface area contributed by atoms with Crippen LogP contribution in [0.4, 0.5) is 0 Å². The number of carboxylic acid groups (broad SMARTS) is 1. The number of carboxylic acids is 1. The van der Waals surface area contributed by atoms with Gasteiger partial charge in [0.15, 0.2) is 29.8 Å². The van der Waals surface area contributed by atoms with Crippen molar-refractivity contribution in [3.63, 3.8) is 0 Å². The Morgan fingerprint density at radius 1 is 0.481 bits per heavy atom. The van der Waals surface area contributed by atoms with Crippen LogP contribution < -0.4 is 147 Å². The van der Waals surface area contributed by atoms with E-state index >= 15 is 33.6 Å². The van der Waals surface area contributed by atoms with Gasteiger partial charge in [0.25, 0.3) is 0 Å². The highest BCUT2D eigenvalue weighted by molar-refractivity contribution is 6.02. The monoisotopic (exact) mass is 1910 g/mol. The summed E-state index contributed by atoms with van der Waals surface area (Å²) in [6.45, 7) is 9.97. The smallest absolute Gasteiger partial charge is 0.305 e. The quantitative estimate of drug-likeness (QED) is 0.0125. The highest BCUT2D eigenvalue weighted by Crippen LogP contribution is 2.23. The van der Waals surface area contributed by atoms with Crippen LogP contribution in [0.15, 0.2) is 24.7 Å². The number of amides is 16. The molecule has 0 bridgehead atoms. The number of aliphatic hydroxyl groups excluding tert-OH is 1. The third kappa shape index (κ3) is 47.9. The average molecular weight is 1910 g/mol. The molecule has 0 aliphatic carbocycles. The molecular weight excluding hydrogens is 1770 g/mol.